The number of hydrogen-bond donors (Lipinski definition) is 1. The van der Waals surface area contributed by atoms with Crippen LogP contribution in [0.1, 0.15) is 52.0 Å². The van der Waals surface area contributed by atoms with E-state index in [0.29, 0.717) is 5.41 Å². The standard InChI is InChI=1S/C17H29BrN2S/c1-16(2,3)14-5-7-17(12-19,8-6-14)20(4)10-13-9-15(18)21-11-13/h9,11,14H,5-8,10,12,19H2,1-4H3. The zero-order valence-corrected chi connectivity index (χ0v) is 16.2. The van der Waals surface area contributed by atoms with E-state index >= 15 is 0 Å². The van der Waals surface area contributed by atoms with Gasteiger partial charge in [0.2, 0.25) is 0 Å². The Kier molecular flexibility index (Phi) is 5.56. The Morgan fingerprint density at radius 3 is 2.43 bits per heavy atom. The van der Waals surface area contributed by atoms with E-state index in [2.05, 4.69) is 60.1 Å². The lowest BCUT2D eigenvalue weighted by atomic mass is 9.67. The van der Waals surface area contributed by atoms with E-state index in [1.165, 1.54) is 35.0 Å². The lowest BCUT2D eigenvalue weighted by Crippen LogP contribution is -2.54. The summed E-state index contributed by atoms with van der Waals surface area (Å²) in [6.07, 6.45) is 5.07. The first-order chi connectivity index (χ1) is 9.77. The zero-order valence-electron chi connectivity index (χ0n) is 13.8. The highest BCUT2D eigenvalue weighted by Gasteiger charge is 2.40. The normalized spacial score (nSPS) is 27.3. The molecule has 0 unspecified atom stereocenters. The van der Waals surface area contributed by atoms with Crippen molar-refractivity contribution >= 4 is 27.3 Å². The van der Waals surface area contributed by atoms with Crippen LogP contribution >= 0.6 is 27.3 Å². The number of nitrogens with zero attached hydrogens (tertiary/aromatic N) is 1. The van der Waals surface area contributed by atoms with Crippen LogP contribution in [0.3, 0.4) is 0 Å². The van der Waals surface area contributed by atoms with Gasteiger partial charge in [-0.1, -0.05) is 20.8 Å². The second-order valence-corrected chi connectivity index (χ2v) is 9.97. The molecule has 4 heteroatoms. The highest BCUT2D eigenvalue weighted by molar-refractivity contribution is 9.11. The largest absolute Gasteiger partial charge is 0.329 e. The molecule has 2 nitrogen and oxygen atoms in total. The van der Waals surface area contributed by atoms with Gasteiger partial charge in [-0.25, -0.2) is 0 Å². The fourth-order valence-corrected chi connectivity index (χ4v) is 4.83. The van der Waals surface area contributed by atoms with E-state index in [1.807, 2.05) is 0 Å². The molecule has 1 aromatic heterocycles. The minimum atomic E-state index is 0.191. The van der Waals surface area contributed by atoms with Gasteiger partial charge in [-0.05, 0) is 77.0 Å². The van der Waals surface area contributed by atoms with Crippen LogP contribution < -0.4 is 5.73 Å². The maximum atomic E-state index is 6.20. The van der Waals surface area contributed by atoms with Crippen molar-refractivity contribution in [3.63, 3.8) is 0 Å². The molecule has 1 saturated carbocycles. The van der Waals surface area contributed by atoms with Crippen LogP contribution in [0.15, 0.2) is 15.2 Å². The maximum absolute atomic E-state index is 6.20. The average molecular weight is 373 g/mol. The second-order valence-electron chi connectivity index (χ2n) is 7.68. The molecule has 1 aromatic rings. The predicted octanol–water partition coefficient (Wildman–Crippen LogP) is 4.88. The maximum Gasteiger partial charge on any atom is 0.0701 e. The van der Waals surface area contributed by atoms with Crippen LogP contribution in [-0.2, 0) is 6.54 Å². The van der Waals surface area contributed by atoms with E-state index in [4.69, 9.17) is 5.73 Å². The third kappa shape index (κ3) is 4.10. The molecular weight excluding hydrogens is 344 g/mol. The molecule has 1 heterocycles. The van der Waals surface area contributed by atoms with Crippen molar-refractivity contribution in [1.82, 2.24) is 4.90 Å². The molecule has 0 aliphatic heterocycles. The quantitative estimate of drug-likeness (QED) is 0.815. The third-order valence-electron chi connectivity index (χ3n) is 5.37. The van der Waals surface area contributed by atoms with Crippen molar-refractivity contribution < 1.29 is 0 Å². The molecular formula is C17H29BrN2S. The molecule has 0 radical (unpaired) electrons. The SMILES string of the molecule is CN(Cc1csc(Br)c1)C1(CN)CCC(C(C)(C)C)CC1. The Hall–Kier alpha value is 0.1000. The van der Waals surface area contributed by atoms with Crippen molar-refractivity contribution in [2.45, 2.75) is 58.5 Å². The molecule has 1 aliphatic carbocycles. The van der Waals surface area contributed by atoms with Crippen LogP contribution in [-0.4, -0.2) is 24.0 Å². The summed E-state index contributed by atoms with van der Waals surface area (Å²) >= 11 is 5.32. The number of thiophene rings is 1. The molecule has 0 aromatic carbocycles. The van der Waals surface area contributed by atoms with E-state index in [9.17, 15) is 0 Å². The molecule has 0 bridgehead atoms. The van der Waals surface area contributed by atoms with E-state index < -0.39 is 0 Å². The number of hydrogen-bond acceptors (Lipinski definition) is 3. The van der Waals surface area contributed by atoms with E-state index in [1.54, 1.807) is 11.3 Å². The fourth-order valence-electron chi connectivity index (χ4n) is 3.63. The summed E-state index contributed by atoms with van der Waals surface area (Å²) in [5.41, 5.74) is 8.21. The third-order valence-corrected chi connectivity index (χ3v) is 6.93. The molecule has 2 rings (SSSR count). The smallest absolute Gasteiger partial charge is 0.0701 e. The van der Waals surface area contributed by atoms with Crippen LogP contribution in [0.4, 0.5) is 0 Å². The summed E-state index contributed by atoms with van der Waals surface area (Å²) < 4.78 is 1.21. The topological polar surface area (TPSA) is 29.3 Å². The molecule has 1 fully saturated rings. The van der Waals surface area contributed by atoms with Crippen LogP contribution in [0, 0.1) is 11.3 Å². The molecule has 2 N–H and O–H groups in total. The Bertz CT molecular complexity index is 456. The summed E-state index contributed by atoms with van der Waals surface area (Å²) in [6, 6.07) is 2.23. The number of halogens is 1. The van der Waals surface area contributed by atoms with Gasteiger partial charge in [0.05, 0.1) is 3.79 Å². The first-order valence-electron chi connectivity index (χ1n) is 7.91. The van der Waals surface area contributed by atoms with E-state index in [0.717, 1.165) is 19.0 Å². The monoisotopic (exact) mass is 372 g/mol. The summed E-state index contributed by atoms with van der Waals surface area (Å²) in [5.74, 6) is 0.834. The van der Waals surface area contributed by atoms with Crippen molar-refractivity contribution in [2.24, 2.45) is 17.1 Å². The minimum Gasteiger partial charge on any atom is -0.329 e. The Morgan fingerprint density at radius 1 is 1.38 bits per heavy atom. The summed E-state index contributed by atoms with van der Waals surface area (Å²) in [6.45, 7) is 8.89. The molecule has 0 atom stereocenters. The summed E-state index contributed by atoms with van der Waals surface area (Å²) in [5, 5.41) is 2.24. The van der Waals surface area contributed by atoms with Gasteiger partial charge in [0, 0.05) is 18.6 Å². The Morgan fingerprint density at radius 2 is 2.00 bits per heavy atom. The zero-order chi connectivity index (χ0) is 15.7. The number of likely N-dealkylation sites (N-methyl/N-ethyl adjacent to an activating group) is 1. The highest BCUT2D eigenvalue weighted by atomic mass is 79.9. The first kappa shape index (κ1) is 17.5. The molecule has 0 amide bonds. The van der Waals surface area contributed by atoms with Crippen molar-refractivity contribution in [3.05, 3.63) is 20.8 Å². The summed E-state index contributed by atoms with van der Waals surface area (Å²) in [7, 11) is 2.25. The van der Waals surface area contributed by atoms with Gasteiger partial charge in [-0.15, -0.1) is 11.3 Å². The molecule has 21 heavy (non-hydrogen) atoms. The van der Waals surface area contributed by atoms with Crippen molar-refractivity contribution in [3.8, 4) is 0 Å². The van der Waals surface area contributed by atoms with Gasteiger partial charge >= 0.3 is 0 Å². The first-order valence-corrected chi connectivity index (χ1v) is 9.58. The van der Waals surface area contributed by atoms with Gasteiger partial charge in [-0.2, -0.15) is 0 Å². The van der Waals surface area contributed by atoms with Crippen molar-refractivity contribution in [1.29, 1.82) is 0 Å². The van der Waals surface area contributed by atoms with E-state index in [-0.39, 0.29) is 5.54 Å². The van der Waals surface area contributed by atoms with Crippen LogP contribution in [0.25, 0.3) is 0 Å². The van der Waals surface area contributed by atoms with Gasteiger partial charge in [0.1, 0.15) is 0 Å². The van der Waals surface area contributed by atoms with Crippen LogP contribution in [0.2, 0.25) is 0 Å². The van der Waals surface area contributed by atoms with Gasteiger partial charge < -0.3 is 5.73 Å². The van der Waals surface area contributed by atoms with Gasteiger partial charge in [0.15, 0.2) is 0 Å². The highest BCUT2D eigenvalue weighted by Crippen LogP contribution is 2.43. The lowest BCUT2D eigenvalue weighted by Gasteiger charge is -2.48. The molecule has 0 saturated heterocycles. The molecule has 120 valence electrons. The molecule has 0 spiro atoms. The Labute approximate surface area is 142 Å². The number of rotatable bonds is 4. The average Bonchev–Trinajstić information content (AvgIpc) is 2.83. The second kappa shape index (κ2) is 6.69. The Balaban J connectivity index is 2.02. The van der Waals surface area contributed by atoms with Crippen LogP contribution in [0.5, 0.6) is 0 Å². The lowest BCUT2D eigenvalue weighted by molar-refractivity contribution is 0.0334. The van der Waals surface area contributed by atoms with Gasteiger partial charge in [-0.3, -0.25) is 4.90 Å². The summed E-state index contributed by atoms with van der Waals surface area (Å²) in [4.78, 5) is 2.50. The number of nitrogens with two attached hydrogens (primary N) is 1. The van der Waals surface area contributed by atoms with Crippen molar-refractivity contribution in [2.75, 3.05) is 13.6 Å². The minimum absolute atomic E-state index is 0.191. The van der Waals surface area contributed by atoms with Gasteiger partial charge in [0.25, 0.3) is 0 Å². The predicted molar refractivity (Wildman–Crippen MR) is 96.7 cm³/mol. The fraction of sp³-hybridized carbons (Fsp3) is 0.765. The molecule has 1 aliphatic rings.